The summed E-state index contributed by atoms with van der Waals surface area (Å²) in [6, 6.07) is 2.80. The third-order valence-corrected chi connectivity index (χ3v) is 0.761. The topological polar surface area (TPSA) is 116 Å². The van der Waals surface area contributed by atoms with Gasteiger partial charge in [-0.05, 0) is 0 Å². The molecule has 114 valence electrons. The van der Waals surface area contributed by atoms with Crippen LogP contribution < -0.4 is 0 Å². The van der Waals surface area contributed by atoms with Crippen molar-refractivity contribution in [1.82, 2.24) is 0 Å². The third kappa shape index (κ3) is 177. The van der Waals surface area contributed by atoms with E-state index >= 15 is 0 Å². The normalized spacial score (nSPS) is 6.67. The van der Waals surface area contributed by atoms with E-state index in [1.54, 1.807) is 0 Å². The van der Waals surface area contributed by atoms with Crippen LogP contribution in [0.4, 0.5) is 0 Å². The standard InChI is InChI=1S/2C2Cl3N.4CO.W/c2*3-2(4,5)1-6;4*1-2;. The van der Waals surface area contributed by atoms with Gasteiger partial charge < -0.3 is 0 Å². The molecule has 0 fully saturated rings. The van der Waals surface area contributed by atoms with Crippen LogP contribution in [-0.4, -0.2) is 34.7 Å². The minimum Gasteiger partial charge on any atom is -0.281 e. The largest absolute Gasteiger partial charge is 0.281 e. The summed E-state index contributed by atoms with van der Waals surface area (Å²) < 4.78 is -3.47. The van der Waals surface area contributed by atoms with Crippen molar-refractivity contribution in [3.8, 4) is 12.1 Å². The molecule has 0 aliphatic heterocycles. The SMILES string of the molecule is N#CC(Cl)(Cl)Cl.N#CC(Cl)(Cl)Cl.[C]=O.[C]=O.[C]=O.[C]=O.[W]. The number of nitrogens with zero attached hydrogens (tertiary/aromatic N) is 2. The van der Waals surface area contributed by atoms with Gasteiger partial charge in [-0.2, -0.15) is 10.5 Å². The molecule has 0 aromatic carbocycles. The van der Waals surface area contributed by atoms with Gasteiger partial charge in [0.25, 0.3) is 34.7 Å². The van der Waals surface area contributed by atoms with Gasteiger partial charge in [-0.3, -0.25) is 19.2 Å². The van der Waals surface area contributed by atoms with Gasteiger partial charge >= 0.3 is 0 Å². The minimum atomic E-state index is -1.74. The fourth-order valence-corrected chi connectivity index (χ4v) is 0. The fourth-order valence-electron chi connectivity index (χ4n) is 0. The van der Waals surface area contributed by atoms with Crippen LogP contribution in [-0.2, 0) is 40.2 Å². The predicted octanol–water partition coefficient (Wildman–Crippen LogP) is 2.17. The monoisotopic (exact) mass is 582 g/mol. The summed E-state index contributed by atoms with van der Waals surface area (Å²) in [5.74, 6) is 0. The molecule has 0 aliphatic rings. The van der Waals surface area contributed by atoms with Crippen LogP contribution >= 0.6 is 69.6 Å². The van der Waals surface area contributed by atoms with Crippen molar-refractivity contribution in [2.75, 3.05) is 0 Å². The molecule has 0 aromatic rings. The van der Waals surface area contributed by atoms with E-state index in [0.29, 0.717) is 0 Å². The first-order valence-corrected chi connectivity index (χ1v) is 5.17. The summed E-state index contributed by atoms with van der Waals surface area (Å²) >= 11 is 29.3. The molecule has 0 spiro atoms. The molecule has 0 aliphatic carbocycles. The van der Waals surface area contributed by atoms with Crippen molar-refractivity contribution >= 4 is 96.8 Å². The second kappa shape index (κ2) is 36.9. The molecule has 8 radical (unpaired) electrons. The Morgan fingerprint density at radius 2 is 0.619 bits per heavy atom. The van der Waals surface area contributed by atoms with Crippen molar-refractivity contribution in [2.45, 2.75) is 7.59 Å². The molecule has 0 unspecified atom stereocenters. The zero-order valence-corrected chi connectivity index (χ0v) is 16.7. The molecule has 0 saturated heterocycles. The number of nitriles is 2. The van der Waals surface area contributed by atoms with E-state index in [0.717, 1.165) is 0 Å². The van der Waals surface area contributed by atoms with Gasteiger partial charge in [0.15, 0.2) is 0 Å². The van der Waals surface area contributed by atoms with Gasteiger partial charge in [0.05, 0.1) is 0 Å². The van der Waals surface area contributed by atoms with Crippen LogP contribution in [0, 0.1) is 22.7 Å². The van der Waals surface area contributed by atoms with Crippen LogP contribution in [0.1, 0.15) is 0 Å². The third-order valence-electron chi connectivity index (χ3n) is 0.254. The molecule has 0 amide bonds. The number of hydrogen-bond acceptors (Lipinski definition) is 6. The Labute approximate surface area is 166 Å². The smallest absolute Gasteiger partial charge is 0.281 e. The predicted molar refractivity (Wildman–Crippen MR) is 74.6 cm³/mol. The maximum absolute atomic E-state index is 7.76. The number of carbonyl (C=O) groups excluding carboxylic acids is 4. The van der Waals surface area contributed by atoms with Gasteiger partial charge in [0.1, 0.15) is 12.1 Å². The molecule has 0 N–H and O–H groups in total. The summed E-state index contributed by atoms with van der Waals surface area (Å²) in [6.45, 7) is 18.0. The van der Waals surface area contributed by atoms with Crippen molar-refractivity contribution in [3.63, 3.8) is 0 Å². The maximum Gasteiger partial charge on any atom is 0.281 e. The van der Waals surface area contributed by atoms with E-state index in [9.17, 15) is 0 Å². The summed E-state index contributed by atoms with van der Waals surface area (Å²) in [6.07, 6.45) is 0. The van der Waals surface area contributed by atoms with E-state index in [2.05, 4.69) is 27.2 Å². The zero-order valence-electron chi connectivity index (χ0n) is 9.20. The number of hydrogen-bond donors (Lipinski definition) is 0. The van der Waals surface area contributed by atoms with Crippen LogP contribution in [0.2, 0.25) is 0 Å². The van der Waals surface area contributed by atoms with Crippen molar-refractivity contribution in [2.24, 2.45) is 0 Å². The van der Waals surface area contributed by atoms with Gasteiger partial charge in [-0.1, -0.05) is 69.6 Å². The molecule has 0 heterocycles. The van der Waals surface area contributed by atoms with Crippen molar-refractivity contribution < 1.29 is 40.2 Å². The van der Waals surface area contributed by atoms with E-state index in [1.807, 2.05) is 0 Å². The Hall–Kier alpha value is 0.0883. The van der Waals surface area contributed by atoms with E-state index in [1.165, 1.54) is 12.1 Å². The van der Waals surface area contributed by atoms with Crippen LogP contribution in [0.15, 0.2) is 0 Å². The number of alkyl halides is 6. The molecular weight excluding hydrogens is 585 g/mol. The van der Waals surface area contributed by atoms with Gasteiger partial charge in [-0.15, -0.1) is 0 Å². The van der Waals surface area contributed by atoms with Crippen LogP contribution in [0.25, 0.3) is 0 Å². The van der Waals surface area contributed by atoms with Crippen LogP contribution in [0.3, 0.4) is 0 Å². The van der Waals surface area contributed by atoms with E-state index in [4.69, 9.17) is 99.3 Å². The molecule has 13 heteroatoms. The average Bonchev–Trinajstić information content (AvgIpc) is 2.46. The average molecular weight is 585 g/mol. The molecule has 0 atom stereocenters. The quantitative estimate of drug-likeness (QED) is 0.403. The Bertz CT molecular complexity index is 242. The first-order valence-electron chi connectivity index (χ1n) is 2.90. The molecule has 0 bridgehead atoms. The summed E-state index contributed by atoms with van der Waals surface area (Å²) in [7, 11) is 0. The van der Waals surface area contributed by atoms with E-state index in [-0.39, 0.29) is 21.1 Å². The van der Waals surface area contributed by atoms with Crippen LogP contribution in [0.5, 0.6) is 0 Å². The Morgan fingerprint density at radius 1 is 0.571 bits per heavy atom. The first kappa shape index (κ1) is 42.9. The van der Waals surface area contributed by atoms with Crippen molar-refractivity contribution in [1.29, 1.82) is 10.5 Å². The van der Waals surface area contributed by atoms with Gasteiger partial charge in [-0.25, -0.2) is 0 Å². The zero-order chi connectivity index (χ0) is 18.4. The molecular formula is C8Cl6N2O4W. The Morgan fingerprint density at radius 3 is 0.619 bits per heavy atom. The first-order chi connectivity index (χ1) is 9.12. The second-order valence-electron chi connectivity index (χ2n) is 1.22. The summed E-state index contributed by atoms with van der Waals surface area (Å²) in [5.41, 5.74) is 0. The fraction of sp³-hybridized carbons (Fsp3) is 0.250. The Balaban J connectivity index is -0.0000000246. The molecule has 21 heavy (non-hydrogen) atoms. The number of rotatable bonds is 0. The van der Waals surface area contributed by atoms with Crippen molar-refractivity contribution in [3.05, 3.63) is 0 Å². The maximum atomic E-state index is 7.76. The summed E-state index contributed by atoms with van der Waals surface area (Å²) in [4.78, 5) is 30.0. The second-order valence-corrected chi connectivity index (χ2v) is 5.78. The van der Waals surface area contributed by atoms with Gasteiger partial charge in [0.2, 0.25) is 0 Å². The number of halogens is 6. The summed E-state index contributed by atoms with van der Waals surface area (Å²) in [5, 5.41) is 15.5. The molecule has 0 aromatic heterocycles. The molecule has 0 rings (SSSR count). The van der Waals surface area contributed by atoms with E-state index < -0.39 is 7.59 Å². The minimum absolute atomic E-state index is 0. The Kier molecular flexibility index (Phi) is 75.3. The van der Waals surface area contributed by atoms with Gasteiger partial charge in [0, 0.05) is 21.1 Å². The molecule has 6 nitrogen and oxygen atoms in total. The molecule has 0 saturated carbocycles.